The molecule has 1 atom stereocenters. The van der Waals surface area contributed by atoms with Crippen LogP contribution in [0, 0.1) is 11.7 Å². The number of nitrogens with one attached hydrogen (secondary N) is 1. The monoisotopic (exact) mass is 450 g/mol. The molecule has 2 aromatic rings. The van der Waals surface area contributed by atoms with Gasteiger partial charge in [0.1, 0.15) is 23.9 Å². The summed E-state index contributed by atoms with van der Waals surface area (Å²) in [7, 11) is -2.10. The Morgan fingerprint density at radius 3 is 2.26 bits per heavy atom. The molecule has 2 aromatic carbocycles. The van der Waals surface area contributed by atoms with Gasteiger partial charge in [-0.2, -0.15) is 4.31 Å². The van der Waals surface area contributed by atoms with Crippen LogP contribution in [0.2, 0.25) is 0 Å². The first-order chi connectivity index (χ1) is 14.8. The van der Waals surface area contributed by atoms with Gasteiger partial charge in [0, 0.05) is 19.0 Å². The molecule has 9 heteroatoms. The van der Waals surface area contributed by atoms with Crippen LogP contribution in [0.15, 0.2) is 53.4 Å². The lowest BCUT2D eigenvalue weighted by molar-refractivity contribution is -0.126. The molecule has 1 aliphatic heterocycles. The normalized spacial score (nSPS) is 16.5. The number of nitrogens with zero attached hydrogens (tertiary/aromatic N) is 1. The van der Waals surface area contributed by atoms with Crippen molar-refractivity contribution in [2.75, 3.05) is 26.8 Å². The summed E-state index contributed by atoms with van der Waals surface area (Å²) >= 11 is 0. The van der Waals surface area contributed by atoms with Crippen LogP contribution in [-0.2, 0) is 14.8 Å². The number of sulfonamides is 1. The summed E-state index contributed by atoms with van der Waals surface area (Å²) in [5, 5.41) is 2.94. The summed E-state index contributed by atoms with van der Waals surface area (Å²) in [6, 6.07) is 11.8. The average molecular weight is 451 g/mol. The van der Waals surface area contributed by atoms with Crippen LogP contribution in [0.5, 0.6) is 11.5 Å². The molecule has 1 fully saturated rings. The van der Waals surface area contributed by atoms with Crippen molar-refractivity contribution in [2.24, 2.45) is 5.92 Å². The third-order valence-corrected chi connectivity index (χ3v) is 7.14. The fourth-order valence-corrected chi connectivity index (χ4v) is 4.88. The van der Waals surface area contributed by atoms with Gasteiger partial charge in [0.25, 0.3) is 0 Å². The zero-order chi connectivity index (χ0) is 22.4. The Morgan fingerprint density at radius 1 is 1.10 bits per heavy atom. The Balaban J connectivity index is 1.46. The number of rotatable bonds is 8. The molecule has 0 spiro atoms. The molecule has 3 rings (SSSR count). The number of carbonyl (C=O) groups excluding carboxylic acids is 1. The molecule has 1 N–H and O–H groups in total. The van der Waals surface area contributed by atoms with E-state index >= 15 is 0 Å². The van der Waals surface area contributed by atoms with E-state index < -0.39 is 15.8 Å². The fourth-order valence-electron chi connectivity index (χ4n) is 3.41. The molecule has 1 saturated heterocycles. The van der Waals surface area contributed by atoms with Gasteiger partial charge in [-0.25, -0.2) is 12.8 Å². The second-order valence-electron chi connectivity index (χ2n) is 7.53. The maximum absolute atomic E-state index is 13.1. The lowest BCUT2D eigenvalue weighted by Gasteiger charge is -2.31. The van der Waals surface area contributed by atoms with Gasteiger partial charge in [0.2, 0.25) is 15.9 Å². The highest BCUT2D eigenvalue weighted by atomic mass is 32.2. The summed E-state index contributed by atoms with van der Waals surface area (Å²) in [4.78, 5) is 12.6. The van der Waals surface area contributed by atoms with Crippen LogP contribution in [0.25, 0.3) is 0 Å². The van der Waals surface area contributed by atoms with Crippen molar-refractivity contribution in [3.05, 3.63) is 54.3 Å². The first kappa shape index (κ1) is 23.0. The van der Waals surface area contributed by atoms with Crippen LogP contribution in [0.1, 0.15) is 19.8 Å². The van der Waals surface area contributed by atoms with Gasteiger partial charge in [-0.3, -0.25) is 4.79 Å². The van der Waals surface area contributed by atoms with Gasteiger partial charge in [-0.1, -0.05) is 0 Å². The van der Waals surface area contributed by atoms with Crippen molar-refractivity contribution in [1.29, 1.82) is 0 Å². The van der Waals surface area contributed by atoms with E-state index in [1.807, 2.05) is 6.92 Å². The highest BCUT2D eigenvalue weighted by Crippen LogP contribution is 2.24. The summed E-state index contributed by atoms with van der Waals surface area (Å²) in [6.07, 6.45) is 0.858. The van der Waals surface area contributed by atoms with Crippen molar-refractivity contribution in [3.63, 3.8) is 0 Å². The minimum Gasteiger partial charge on any atom is -0.497 e. The first-order valence-corrected chi connectivity index (χ1v) is 11.6. The standard InChI is InChI=1S/C22H27FN2O5S/c1-16(15-30-20-7-5-19(29-2)6-8-20)24-22(26)17-11-13-25(14-12-17)31(27,28)21-9-3-18(23)4-10-21/h3-10,16-17H,11-15H2,1-2H3,(H,24,26)/t16-/m0/s1. The smallest absolute Gasteiger partial charge is 0.243 e. The van der Waals surface area contributed by atoms with E-state index in [2.05, 4.69) is 5.32 Å². The Hall–Kier alpha value is -2.65. The number of methoxy groups -OCH3 is 1. The van der Waals surface area contributed by atoms with Gasteiger partial charge < -0.3 is 14.8 Å². The number of carbonyl (C=O) groups is 1. The number of hydrogen-bond donors (Lipinski definition) is 1. The van der Waals surface area contributed by atoms with Gasteiger partial charge in [0.05, 0.1) is 18.0 Å². The fraction of sp³-hybridized carbons (Fsp3) is 0.409. The highest BCUT2D eigenvalue weighted by molar-refractivity contribution is 7.89. The van der Waals surface area contributed by atoms with Crippen LogP contribution >= 0.6 is 0 Å². The number of hydrogen-bond acceptors (Lipinski definition) is 5. The number of halogens is 1. The maximum atomic E-state index is 13.1. The molecule has 0 saturated carbocycles. The number of piperidine rings is 1. The summed E-state index contributed by atoms with van der Waals surface area (Å²) in [6.45, 7) is 2.66. The number of ether oxygens (including phenoxy) is 2. The molecule has 0 bridgehead atoms. The van der Waals surface area contributed by atoms with Crippen molar-refractivity contribution >= 4 is 15.9 Å². The molecule has 1 amide bonds. The van der Waals surface area contributed by atoms with E-state index in [1.54, 1.807) is 31.4 Å². The Kier molecular flexibility index (Phi) is 7.50. The predicted octanol–water partition coefficient (Wildman–Crippen LogP) is 2.82. The largest absolute Gasteiger partial charge is 0.497 e. The summed E-state index contributed by atoms with van der Waals surface area (Å²) < 4.78 is 50.6. The lowest BCUT2D eigenvalue weighted by Crippen LogP contribution is -2.45. The zero-order valence-electron chi connectivity index (χ0n) is 17.6. The van der Waals surface area contributed by atoms with Crippen molar-refractivity contribution < 1.29 is 27.1 Å². The highest BCUT2D eigenvalue weighted by Gasteiger charge is 2.32. The third-order valence-electron chi connectivity index (χ3n) is 5.22. The van der Waals surface area contributed by atoms with E-state index in [0.29, 0.717) is 25.2 Å². The van der Waals surface area contributed by atoms with E-state index in [9.17, 15) is 17.6 Å². The number of amides is 1. The van der Waals surface area contributed by atoms with Gasteiger partial charge >= 0.3 is 0 Å². The molecular weight excluding hydrogens is 423 g/mol. The quantitative estimate of drug-likeness (QED) is 0.669. The predicted molar refractivity (Wildman–Crippen MR) is 114 cm³/mol. The second kappa shape index (κ2) is 10.1. The van der Waals surface area contributed by atoms with E-state index in [0.717, 1.165) is 17.9 Å². The van der Waals surface area contributed by atoms with E-state index in [1.165, 1.54) is 16.4 Å². The van der Waals surface area contributed by atoms with Gasteiger partial charge in [-0.15, -0.1) is 0 Å². The second-order valence-corrected chi connectivity index (χ2v) is 9.47. The van der Waals surface area contributed by atoms with Crippen LogP contribution in [-0.4, -0.2) is 51.5 Å². The SMILES string of the molecule is COc1ccc(OC[C@H](C)NC(=O)C2CCN(S(=O)(=O)c3ccc(F)cc3)CC2)cc1. The molecule has 0 radical (unpaired) electrons. The Labute approximate surface area is 182 Å². The average Bonchev–Trinajstić information content (AvgIpc) is 2.78. The maximum Gasteiger partial charge on any atom is 0.243 e. The molecule has 0 aliphatic carbocycles. The molecule has 1 aliphatic rings. The van der Waals surface area contributed by atoms with E-state index in [4.69, 9.17) is 9.47 Å². The van der Waals surface area contributed by atoms with Crippen molar-refractivity contribution in [3.8, 4) is 11.5 Å². The topological polar surface area (TPSA) is 84.9 Å². The van der Waals surface area contributed by atoms with Crippen LogP contribution in [0.4, 0.5) is 4.39 Å². The molecular formula is C22H27FN2O5S. The first-order valence-electron chi connectivity index (χ1n) is 10.1. The van der Waals surface area contributed by atoms with Crippen LogP contribution < -0.4 is 14.8 Å². The minimum absolute atomic E-state index is 0.0566. The molecule has 31 heavy (non-hydrogen) atoms. The van der Waals surface area contributed by atoms with Gasteiger partial charge in [-0.05, 0) is 68.3 Å². The van der Waals surface area contributed by atoms with Crippen molar-refractivity contribution in [2.45, 2.75) is 30.7 Å². The molecule has 168 valence electrons. The molecule has 1 heterocycles. The third kappa shape index (κ3) is 5.95. The van der Waals surface area contributed by atoms with Crippen molar-refractivity contribution in [1.82, 2.24) is 9.62 Å². The molecule has 7 nitrogen and oxygen atoms in total. The molecule has 0 aromatic heterocycles. The summed E-state index contributed by atoms with van der Waals surface area (Å²) in [5.41, 5.74) is 0. The lowest BCUT2D eigenvalue weighted by atomic mass is 9.97. The minimum atomic E-state index is -3.69. The Bertz CT molecular complexity index is 972. The van der Waals surface area contributed by atoms with Gasteiger partial charge in [0.15, 0.2) is 0 Å². The van der Waals surface area contributed by atoms with E-state index in [-0.39, 0.29) is 35.9 Å². The Morgan fingerprint density at radius 2 is 1.68 bits per heavy atom. The molecule has 0 unspecified atom stereocenters. The summed E-state index contributed by atoms with van der Waals surface area (Å²) in [5.74, 6) is 0.565. The van der Waals surface area contributed by atoms with Crippen LogP contribution in [0.3, 0.4) is 0 Å². The number of benzene rings is 2. The zero-order valence-corrected chi connectivity index (χ0v) is 18.4.